The lowest BCUT2D eigenvalue weighted by atomic mass is 9.74. The number of hydrogen-bond donors (Lipinski definition) is 1. The zero-order valence-corrected chi connectivity index (χ0v) is 17.4. The molecule has 0 fully saturated rings. The SMILES string of the molecule is CCc1ccc(Oc2ccc(C(F)(F)F)c(C#N)c2)cc1C1=C(O)CC(C)(C)CC1=O. The quantitative estimate of drug-likeness (QED) is 0.595. The van der Waals surface area contributed by atoms with Gasteiger partial charge < -0.3 is 9.84 Å². The fourth-order valence-electron chi connectivity index (χ4n) is 3.82. The zero-order chi connectivity index (χ0) is 23.0. The van der Waals surface area contributed by atoms with Crippen molar-refractivity contribution in [3.8, 4) is 17.6 Å². The van der Waals surface area contributed by atoms with Gasteiger partial charge in [0.15, 0.2) is 5.78 Å². The molecule has 1 aliphatic rings. The molecule has 31 heavy (non-hydrogen) atoms. The number of nitrogens with zero attached hydrogens (tertiary/aromatic N) is 1. The van der Waals surface area contributed by atoms with E-state index in [9.17, 15) is 23.1 Å². The van der Waals surface area contributed by atoms with Gasteiger partial charge in [0.05, 0.1) is 22.8 Å². The second-order valence-corrected chi connectivity index (χ2v) is 8.35. The summed E-state index contributed by atoms with van der Waals surface area (Å²) in [6.45, 7) is 5.74. The summed E-state index contributed by atoms with van der Waals surface area (Å²) in [4.78, 5) is 12.8. The maximum Gasteiger partial charge on any atom is 0.417 e. The van der Waals surface area contributed by atoms with E-state index in [1.807, 2.05) is 20.8 Å². The summed E-state index contributed by atoms with van der Waals surface area (Å²) in [7, 11) is 0. The number of aliphatic hydroxyl groups excluding tert-OH is 1. The number of benzene rings is 2. The molecule has 1 aliphatic carbocycles. The third-order valence-electron chi connectivity index (χ3n) is 5.24. The van der Waals surface area contributed by atoms with Gasteiger partial charge in [-0.3, -0.25) is 4.79 Å². The molecule has 2 aromatic rings. The van der Waals surface area contributed by atoms with Gasteiger partial charge in [-0.1, -0.05) is 26.8 Å². The van der Waals surface area contributed by atoms with Crippen LogP contribution in [0.2, 0.25) is 0 Å². The Kier molecular flexibility index (Phi) is 5.86. The first-order valence-corrected chi connectivity index (χ1v) is 9.83. The Bertz CT molecular complexity index is 1110. The van der Waals surface area contributed by atoms with Crippen molar-refractivity contribution < 1.29 is 27.8 Å². The van der Waals surface area contributed by atoms with Gasteiger partial charge in [-0.2, -0.15) is 18.4 Å². The molecule has 162 valence electrons. The number of aryl methyl sites for hydroxylation is 1. The van der Waals surface area contributed by atoms with Crippen molar-refractivity contribution in [1.29, 1.82) is 5.26 Å². The van der Waals surface area contributed by atoms with Gasteiger partial charge in [-0.05, 0) is 53.3 Å². The van der Waals surface area contributed by atoms with E-state index in [2.05, 4.69) is 0 Å². The van der Waals surface area contributed by atoms with E-state index in [0.29, 0.717) is 24.8 Å². The van der Waals surface area contributed by atoms with Crippen LogP contribution < -0.4 is 4.74 Å². The van der Waals surface area contributed by atoms with Crippen LogP contribution in [0.1, 0.15) is 55.9 Å². The highest BCUT2D eigenvalue weighted by molar-refractivity contribution is 6.22. The molecule has 0 bridgehead atoms. The highest BCUT2D eigenvalue weighted by atomic mass is 19.4. The number of hydrogen-bond acceptors (Lipinski definition) is 4. The fourth-order valence-corrected chi connectivity index (χ4v) is 3.82. The topological polar surface area (TPSA) is 70.3 Å². The van der Waals surface area contributed by atoms with Crippen LogP contribution in [0.15, 0.2) is 42.2 Å². The second kappa shape index (κ2) is 8.10. The van der Waals surface area contributed by atoms with Gasteiger partial charge in [0.2, 0.25) is 0 Å². The summed E-state index contributed by atoms with van der Waals surface area (Å²) in [5, 5.41) is 19.7. The van der Waals surface area contributed by atoms with Crippen molar-refractivity contribution in [3.63, 3.8) is 0 Å². The highest BCUT2D eigenvalue weighted by Crippen LogP contribution is 2.41. The van der Waals surface area contributed by atoms with Gasteiger partial charge in [0, 0.05) is 12.8 Å². The van der Waals surface area contributed by atoms with Gasteiger partial charge in [0.25, 0.3) is 0 Å². The molecule has 0 heterocycles. The Morgan fingerprint density at radius 3 is 2.35 bits per heavy atom. The van der Waals surface area contributed by atoms with Crippen LogP contribution in [0.3, 0.4) is 0 Å². The van der Waals surface area contributed by atoms with E-state index in [0.717, 1.165) is 23.8 Å². The molecule has 4 nitrogen and oxygen atoms in total. The predicted molar refractivity (Wildman–Crippen MR) is 110 cm³/mol. The molecule has 0 amide bonds. The molecule has 0 saturated carbocycles. The Balaban J connectivity index is 2.01. The van der Waals surface area contributed by atoms with E-state index < -0.39 is 17.3 Å². The van der Waals surface area contributed by atoms with Gasteiger partial charge in [-0.15, -0.1) is 0 Å². The predicted octanol–water partition coefficient (Wildman–Crippen LogP) is 6.59. The number of alkyl halides is 3. The van der Waals surface area contributed by atoms with Crippen LogP contribution in [-0.2, 0) is 17.4 Å². The number of carbonyl (C=O) groups excluding carboxylic acids is 1. The third-order valence-corrected chi connectivity index (χ3v) is 5.24. The monoisotopic (exact) mass is 429 g/mol. The van der Waals surface area contributed by atoms with E-state index in [1.54, 1.807) is 24.3 Å². The van der Waals surface area contributed by atoms with Crippen LogP contribution in [0.25, 0.3) is 5.57 Å². The van der Waals surface area contributed by atoms with Crippen molar-refractivity contribution >= 4 is 11.4 Å². The number of allylic oxidation sites excluding steroid dienone is 2. The van der Waals surface area contributed by atoms with Crippen LogP contribution >= 0.6 is 0 Å². The van der Waals surface area contributed by atoms with E-state index in [-0.39, 0.29) is 34.0 Å². The summed E-state index contributed by atoms with van der Waals surface area (Å²) >= 11 is 0. The summed E-state index contributed by atoms with van der Waals surface area (Å²) in [6, 6.07) is 9.51. The van der Waals surface area contributed by atoms with Crippen LogP contribution in [0, 0.1) is 16.7 Å². The maximum atomic E-state index is 13.0. The number of rotatable bonds is 4. The minimum absolute atomic E-state index is 0.0226. The molecule has 3 rings (SSSR count). The molecule has 0 saturated heterocycles. The third kappa shape index (κ3) is 4.74. The molecule has 0 radical (unpaired) electrons. The molecule has 0 atom stereocenters. The molecule has 1 N–H and O–H groups in total. The number of aliphatic hydroxyl groups is 1. The molecule has 0 aliphatic heterocycles. The average Bonchev–Trinajstić information content (AvgIpc) is 2.65. The largest absolute Gasteiger partial charge is 0.512 e. The average molecular weight is 429 g/mol. The first-order chi connectivity index (χ1) is 14.4. The molecule has 2 aromatic carbocycles. The van der Waals surface area contributed by atoms with E-state index >= 15 is 0 Å². The molecule has 7 heteroatoms. The number of ether oxygens (including phenoxy) is 1. The van der Waals surface area contributed by atoms with E-state index in [1.165, 1.54) is 0 Å². The Labute approximate surface area is 178 Å². The Morgan fingerprint density at radius 1 is 1.13 bits per heavy atom. The van der Waals surface area contributed by atoms with Crippen molar-refractivity contribution in [3.05, 3.63) is 64.4 Å². The van der Waals surface area contributed by atoms with Gasteiger partial charge >= 0.3 is 6.18 Å². The van der Waals surface area contributed by atoms with Crippen molar-refractivity contribution in [2.75, 3.05) is 0 Å². The molecule has 0 unspecified atom stereocenters. The molecular weight excluding hydrogens is 407 g/mol. The molecule has 0 spiro atoms. The lowest BCUT2D eigenvalue weighted by Gasteiger charge is -2.30. The van der Waals surface area contributed by atoms with Crippen molar-refractivity contribution in [2.45, 2.75) is 46.2 Å². The van der Waals surface area contributed by atoms with E-state index in [4.69, 9.17) is 10.00 Å². The Morgan fingerprint density at radius 2 is 1.77 bits per heavy atom. The Hall–Kier alpha value is -3.27. The number of halogens is 3. The van der Waals surface area contributed by atoms with Crippen molar-refractivity contribution in [1.82, 2.24) is 0 Å². The van der Waals surface area contributed by atoms with Gasteiger partial charge in [-0.25, -0.2) is 0 Å². The normalized spacial score (nSPS) is 16.2. The van der Waals surface area contributed by atoms with Gasteiger partial charge in [0.1, 0.15) is 17.3 Å². The van der Waals surface area contributed by atoms with Crippen LogP contribution in [0.5, 0.6) is 11.5 Å². The summed E-state index contributed by atoms with van der Waals surface area (Å²) in [5.74, 6) is 0.208. The summed E-state index contributed by atoms with van der Waals surface area (Å²) in [5.41, 5.74) is -0.265. The molecular formula is C24H22F3NO3. The first kappa shape index (κ1) is 22.4. The number of carbonyl (C=O) groups is 1. The minimum Gasteiger partial charge on any atom is -0.512 e. The number of ketones is 1. The van der Waals surface area contributed by atoms with Crippen molar-refractivity contribution in [2.24, 2.45) is 5.41 Å². The maximum absolute atomic E-state index is 13.0. The highest BCUT2D eigenvalue weighted by Gasteiger charge is 2.35. The second-order valence-electron chi connectivity index (χ2n) is 8.35. The standard InChI is InChI=1S/C24H22F3NO3/c1-4-14-5-6-17(10-18(14)22-20(29)11-23(2,3)12-21(22)30)31-16-7-8-19(24(25,26)27)15(9-16)13-28/h5-10,29H,4,11-12H2,1-3H3. The first-order valence-electron chi connectivity index (χ1n) is 9.83. The lowest BCUT2D eigenvalue weighted by Crippen LogP contribution is -2.25. The number of Topliss-reactive ketones (excluding diaryl/α,β-unsaturated/α-hetero) is 1. The fraction of sp³-hybridized carbons (Fsp3) is 0.333. The van der Waals surface area contributed by atoms with Crippen LogP contribution in [-0.4, -0.2) is 10.9 Å². The number of nitriles is 1. The lowest BCUT2D eigenvalue weighted by molar-refractivity contribution is -0.137. The summed E-state index contributed by atoms with van der Waals surface area (Å²) < 4.78 is 44.7. The zero-order valence-electron chi connectivity index (χ0n) is 17.4. The minimum atomic E-state index is -4.64. The smallest absolute Gasteiger partial charge is 0.417 e. The molecule has 0 aromatic heterocycles. The van der Waals surface area contributed by atoms with Crippen LogP contribution in [0.4, 0.5) is 13.2 Å². The summed E-state index contributed by atoms with van der Waals surface area (Å²) in [6.07, 6.45) is -3.36.